The second-order valence-corrected chi connectivity index (χ2v) is 4.87. The molecule has 0 radical (unpaired) electrons. The molecule has 0 fully saturated rings. The molecule has 4 N–H and O–H groups in total. The Balaban J connectivity index is 2.23. The van der Waals surface area contributed by atoms with Crippen LogP contribution < -0.4 is 21.3 Å². The highest BCUT2D eigenvalue weighted by Crippen LogP contribution is 2.22. The van der Waals surface area contributed by atoms with Crippen LogP contribution in [0.15, 0.2) is 22.7 Å². The average Bonchev–Trinajstić information content (AvgIpc) is 2.48. The van der Waals surface area contributed by atoms with E-state index in [1.54, 1.807) is 12.1 Å². The van der Waals surface area contributed by atoms with Gasteiger partial charge in [-0.15, -0.1) is 0 Å². The summed E-state index contributed by atoms with van der Waals surface area (Å²) in [4.78, 5) is 12.1. The third-order valence-electron chi connectivity index (χ3n) is 2.36. The number of nitrogens with two attached hydrogens (primary N) is 1. The van der Waals surface area contributed by atoms with Gasteiger partial charge in [0, 0.05) is 5.69 Å². The highest BCUT2D eigenvalue weighted by Gasteiger charge is 2.08. The summed E-state index contributed by atoms with van der Waals surface area (Å²) < 4.78 is 18.9. The highest BCUT2D eigenvalue weighted by molar-refractivity contribution is 9.10. The number of nitrogens with one attached hydrogen (secondary N) is 2. The van der Waals surface area contributed by atoms with Crippen LogP contribution in [0.5, 0.6) is 6.01 Å². The second-order valence-electron chi connectivity index (χ2n) is 4.01. The van der Waals surface area contributed by atoms with E-state index >= 15 is 0 Å². The van der Waals surface area contributed by atoms with E-state index in [0.29, 0.717) is 16.8 Å². The first-order valence-electron chi connectivity index (χ1n) is 6.20. The molecule has 1 heterocycles. The quantitative estimate of drug-likeness (QED) is 0.540. The lowest BCUT2D eigenvalue weighted by Gasteiger charge is -2.09. The van der Waals surface area contributed by atoms with Gasteiger partial charge in [-0.25, -0.2) is 10.2 Å². The lowest BCUT2D eigenvalue weighted by Crippen LogP contribution is -2.13. The van der Waals surface area contributed by atoms with Gasteiger partial charge in [-0.1, -0.05) is 6.92 Å². The third kappa shape index (κ3) is 4.23. The van der Waals surface area contributed by atoms with Crippen molar-refractivity contribution in [2.24, 2.45) is 5.84 Å². The van der Waals surface area contributed by atoms with Gasteiger partial charge in [-0.05, 0) is 40.5 Å². The van der Waals surface area contributed by atoms with E-state index in [1.165, 1.54) is 6.07 Å². The molecule has 1 aromatic carbocycles. The van der Waals surface area contributed by atoms with Crippen LogP contribution in [0.25, 0.3) is 0 Å². The molecule has 2 aromatic rings. The van der Waals surface area contributed by atoms with Crippen molar-refractivity contribution in [3.05, 3.63) is 28.5 Å². The van der Waals surface area contributed by atoms with Gasteiger partial charge in [0.25, 0.3) is 0 Å². The molecule has 0 saturated carbocycles. The second kappa shape index (κ2) is 7.14. The van der Waals surface area contributed by atoms with E-state index in [0.717, 1.165) is 6.42 Å². The number of aromatic nitrogens is 3. The molecule has 0 spiro atoms. The van der Waals surface area contributed by atoms with Crippen LogP contribution in [-0.4, -0.2) is 21.6 Å². The van der Waals surface area contributed by atoms with E-state index in [9.17, 15) is 4.39 Å². The molecular formula is C12H14BrFN6O. The zero-order chi connectivity index (χ0) is 15.2. The van der Waals surface area contributed by atoms with Gasteiger partial charge < -0.3 is 10.1 Å². The van der Waals surface area contributed by atoms with E-state index < -0.39 is 0 Å². The highest BCUT2D eigenvalue weighted by atomic mass is 79.9. The molecule has 0 saturated heterocycles. The number of benzene rings is 1. The Morgan fingerprint density at radius 2 is 2.05 bits per heavy atom. The number of anilines is 3. The summed E-state index contributed by atoms with van der Waals surface area (Å²) >= 11 is 3.11. The smallest absolute Gasteiger partial charge is 0.323 e. The largest absolute Gasteiger partial charge is 0.463 e. The topological polar surface area (TPSA) is 98.0 Å². The summed E-state index contributed by atoms with van der Waals surface area (Å²) in [5.74, 6) is 5.36. The fourth-order valence-electron chi connectivity index (χ4n) is 1.44. The van der Waals surface area contributed by atoms with Crippen molar-refractivity contribution in [3.8, 4) is 6.01 Å². The fraction of sp³-hybridized carbons (Fsp3) is 0.250. The summed E-state index contributed by atoms with van der Waals surface area (Å²) in [6.07, 6.45) is 0.824. The van der Waals surface area contributed by atoms with Gasteiger partial charge in [-0.3, -0.25) is 5.43 Å². The Bertz CT molecular complexity index is 627. The van der Waals surface area contributed by atoms with Crippen molar-refractivity contribution in [1.82, 2.24) is 15.0 Å². The minimum atomic E-state index is -0.354. The van der Waals surface area contributed by atoms with Crippen LogP contribution in [-0.2, 0) is 0 Å². The number of hydrazine groups is 1. The zero-order valence-electron chi connectivity index (χ0n) is 11.2. The van der Waals surface area contributed by atoms with Gasteiger partial charge >= 0.3 is 6.01 Å². The van der Waals surface area contributed by atoms with Crippen LogP contribution >= 0.6 is 15.9 Å². The summed E-state index contributed by atoms with van der Waals surface area (Å²) in [5, 5.41) is 2.93. The van der Waals surface area contributed by atoms with E-state index in [1.807, 2.05) is 6.92 Å². The maximum atomic E-state index is 13.2. The Kier molecular flexibility index (Phi) is 5.23. The normalized spacial score (nSPS) is 10.3. The molecule has 0 atom stereocenters. The van der Waals surface area contributed by atoms with Gasteiger partial charge in [0.15, 0.2) is 0 Å². The maximum absolute atomic E-state index is 13.2. The molecular weight excluding hydrogens is 343 g/mol. The first kappa shape index (κ1) is 15.4. The van der Waals surface area contributed by atoms with Gasteiger partial charge in [-0.2, -0.15) is 15.0 Å². The first-order valence-corrected chi connectivity index (χ1v) is 6.99. The number of halogens is 2. The fourth-order valence-corrected chi connectivity index (χ4v) is 1.82. The summed E-state index contributed by atoms with van der Waals surface area (Å²) in [6, 6.07) is 4.61. The van der Waals surface area contributed by atoms with Crippen molar-refractivity contribution < 1.29 is 9.13 Å². The van der Waals surface area contributed by atoms with Gasteiger partial charge in [0.2, 0.25) is 11.9 Å². The van der Waals surface area contributed by atoms with Crippen molar-refractivity contribution in [2.75, 3.05) is 17.3 Å². The Hall–Kier alpha value is -2.00. The molecule has 2 rings (SSSR count). The molecule has 1 aromatic heterocycles. The van der Waals surface area contributed by atoms with E-state index in [2.05, 4.69) is 41.6 Å². The van der Waals surface area contributed by atoms with Crippen molar-refractivity contribution in [1.29, 1.82) is 0 Å². The van der Waals surface area contributed by atoms with Crippen LogP contribution in [0.4, 0.5) is 22.0 Å². The molecule has 112 valence electrons. The summed E-state index contributed by atoms with van der Waals surface area (Å²) in [6.45, 7) is 2.45. The molecule has 9 heteroatoms. The molecule has 0 aliphatic carbocycles. The number of nitrogen functional groups attached to an aromatic ring is 1. The lowest BCUT2D eigenvalue weighted by molar-refractivity contribution is 0.292. The molecule has 0 aliphatic heterocycles. The Morgan fingerprint density at radius 3 is 2.71 bits per heavy atom. The van der Waals surface area contributed by atoms with Crippen LogP contribution in [0.2, 0.25) is 0 Å². The standard InChI is InChI=1S/C12H14BrFN6O/c1-2-5-21-12-18-10(17-11(19-12)20-15)16-7-3-4-9(14)8(13)6-7/h3-4,6H,2,5,15H2,1H3,(H2,16,17,18,19,20). The van der Waals surface area contributed by atoms with E-state index in [-0.39, 0.29) is 23.7 Å². The minimum absolute atomic E-state index is 0.156. The number of nitrogens with zero attached hydrogens (tertiary/aromatic N) is 3. The predicted molar refractivity (Wildman–Crippen MR) is 80.8 cm³/mol. The summed E-state index contributed by atoms with van der Waals surface area (Å²) in [7, 11) is 0. The van der Waals surface area contributed by atoms with Crippen molar-refractivity contribution in [3.63, 3.8) is 0 Å². The lowest BCUT2D eigenvalue weighted by atomic mass is 10.3. The molecule has 0 unspecified atom stereocenters. The zero-order valence-corrected chi connectivity index (χ0v) is 12.8. The summed E-state index contributed by atoms with van der Waals surface area (Å²) in [5.41, 5.74) is 2.95. The van der Waals surface area contributed by atoms with Crippen LogP contribution in [0.3, 0.4) is 0 Å². The van der Waals surface area contributed by atoms with E-state index in [4.69, 9.17) is 10.6 Å². The molecule has 0 bridgehead atoms. The van der Waals surface area contributed by atoms with Crippen LogP contribution in [0.1, 0.15) is 13.3 Å². The number of rotatable bonds is 6. The molecule has 0 amide bonds. The maximum Gasteiger partial charge on any atom is 0.323 e. The Labute approximate surface area is 129 Å². The van der Waals surface area contributed by atoms with Crippen molar-refractivity contribution in [2.45, 2.75) is 13.3 Å². The molecule has 0 aliphatic rings. The first-order chi connectivity index (χ1) is 10.1. The third-order valence-corrected chi connectivity index (χ3v) is 2.96. The van der Waals surface area contributed by atoms with Crippen LogP contribution in [0, 0.1) is 5.82 Å². The number of hydrogen-bond acceptors (Lipinski definition) is 7. The minimum Gasteiger partial charge on any atom is -0.463 e. The number of hydrogen-bond donors (Lipinski definition) is 3. The Morgan fingerprint density at radius 1 is 1.29 bits per heavy atom. The predicted octanol–water partition coefficient (Wildman–Crippen LogP) is 2.59. The average molecular weight is 357 g/mol. The van der Waals surface area contributed by atoms with Gasteiger partial charge in [0.05, 0.1) is 11.1 Å². The molecule has 21 heavy (non-hydrogen) atoms. The van der Waals surface area contributed by atoms with Crippen molar-refractivity contribution >= 4 is 33.5 Å². The van der Waals surface area contributed by atoms with Gasteiger partial charge in [0.1, 0.15) is 5.82 Å². The SMILES string of the molecule is CCCOc1nc(NN)nc(Nc2ccc(F)c(Br)c2)n1. The monoisotopic (exact) mass is 356 g/mol. The number of ether oxygens (including phenoxy) is 1. The molecule has 7 nitrogen and oxygen atoms in total.